The van der Waals surface area contributed by atoms with E-state index in [2.05, 4.69) is 4.98 Å². The van der Waals surface area contributed by atoms with Gasteiger partial charge in [-0.1, -0.05) is 12.1 Å². The van der Waals surface area contributed by atoms with Gasteiger partial charge in [-0.2, -0.15) is 0 Å². The van der Waals surface area contributed by atoms with Crippen molar-refractivity contribution in [1.29, 1.82) is 0 Å². The molecule has 0 unspecified atom stereocenters. The Kier molecular flexibility index (Phi) is 2.26. The van der Waals surface area contributed by atoms with Gasteiger partial charge in [-0.15, -0.1) is 0 Å². The number of furan rings is 1. The maximum atomic E-state index is 11.9. The number of para-hydroxylation sites is 2. The van der Waals surface area contributed by atoms with Gasteiger partial charge in [-0.05, 0) is 18.2 Å². The number of ketones is 1. The van der Waals surface area contributed by atoms with Crippen molar-refractivity contribution in [3.63, 3.8) is 0 Å². The van der Waals surface area contributed by atoms with Crippen LogP contribution in [0.1, 0.15) is 10.4 Å². The molecular formula is C13H10N2O2. The Morgan fingerprint density at radius 1 is 1.29 bits per heavy atom. The summed E-state index contributed by atoms with van der Waals surface area (Å²) in [6, 6.07) is 9.40. The molecule has 0 amide bonds. The molecule has 0 aliphatic rings. The Labute approximate surface area is 97.5 Å². The average molecular weight is 226 g/mol. The summed E-state index contributed by atoms with van der Waals surface area (Å²) in [6.45, 7) is 0.278. The summed E-state index contributed by atoms with van der Waals surface area (Å²) in [7, 11) is 0. The third-order valence-electron chi connectivity index (χ3n) is 2.68. The van der Waals surface area contributed by atoms with Crippen molar-refractivity contribution in [2.45, 2.75) is 6.54 Å². The molecule has 1 aromatic carbocycles. The lowest BCUT2D eigenvalue weighted by Gasteiger charge is -2.01. The predicted molar refractivity (Wildman–Crippen MR) is 62.8 cm³/mol. The molecule has 0 saturated carbocycles. The van der Waals surface area contributed by atoms with Gasteiger partial charge in [-0.25, -0.2) is 4.98 Å². The maximum Gasteiger partial charge on any atom is 0.185 e. The van der Waals surface area contributed by atoms with Crippen LogP contribution in [0.5, 0.6) is 0 Å². The predicted octanol–water partition coefficient (Wildman–Crippen LogP) is 2.51. The zero-order valence-electron chi connectivity index (χ0n) is 9.04. The van der Waals surface area contributed by atoms with E-state index in [4.69, 9.17) is 4.42 Å². The fraction of sp³-hybridized carbons (Fsp3) is 0.0769. The van der Waals surface area contributed by atoms with Gasteiger partial charge in [0.1, 0.15) is 6.26 Å². The Morgan fingerprint density at radius 3 is 3.00 bits per heavy atom. The minimum Gasteiger partial charge on any atom is -0.472 e. The van der Waals surface area contributed by atoms with E-state index in [-0.39, 0.29) is 12.3 Å². The van der Waals surface area contributed by atoms with Crippen LogP contribution in [0.25, 0.3) is 11.0 Å². The van der Waals surface area contributed by atoms with Crippen LogP contribution in [0, 0.1) is 0 Å². The SMILES string of the molecule is O=C(Cn1cnc2ccccc21)c1ccoc1. The topological polar surface area (TPSA) is 48.0 Å². The summed E-state index contributed by atoms with van der Waals surface area (Å²) >= 11 is 0. The van der Waals surface area contributed by atoms with Crippen molar-refractivity contribution >= 4 is 16.8 Å². The van der Waals surface area contributed by atoms with Gasteiger partial charge in [0.2, 0.25) is 0 Å². The summed E-state index contributed by atoms with van der Waals surface area (Å²) in [4.78, 5) is 16.1. The number of fused-ring (bicyclic) bond motifs is 1. The van der Waals surface area contributed by atoms with Gasteiger partial charge < -0.3 is 8.98 Å². The van der Waals surface area contributed by atoms with Gasteiger partial charge in [0.25, 0.3) is 0 Å². The Hall–Kier alpha value is -2.36. The standard InChI is InChI=1S/C13H10N2O2/c16-13(10-5-6-17-8-10)7-15-9-14-11-3-1-2-4-12(11)15/h1-6,8-9H,7H2. The lowest BCUT2D eigenvalue weighted by atomic mass is 10.2. The highest BCUT2D eigenvalue weighted by molar-refractivity contribution is 5.96. The highest BCUT2D eigenvalue weighted by atomic mass is 16.3. The van der Waals surface area contributed by atoms with Crippen LogP contribution in [-0.4, -0.2) is 15.3 Å². The number of nitrogens with zero attached hydrogens (tertiary/aromatic N) is 2. The van der Waals surface area contributed by atoms with E-state index in [1.165, 1.54) is 12.5 Å². The zero-order chi connectivity index (χ0) is 11.7. The quantitative estimate of drug-likeness (QED) is 0.645. The summed E-state index contributed by atoms with van der Waals surface area (Å²) in [5.41, 5.74) is 2.44. The third-order valence-corrected chi connectivity index (χ3v) is 2.68. The van der Waals surface area contributed by atoms with Crippen LogP contribution in [0.3, 0.4) is 0 Å². The van der Waals surface area contributed by atoms with Crippen LogP contribution >= 0.6 is 0 Å². The van der Waals surface area contributed by atoms with Gasteiger partial charge in [0.15, 0.2) is 5.78 Å². The summed E-state index contributed by atoms with van der Waals surface area (Å²) in [5.74, 6) is 0.0157. The van der Waals surface area contributed by atoms with E-state index >= 15 is 0 Å². The molecule has 4 nitrogen and oxygen atoms in total. The Bertz CT molecular complexity index is 653. The Balaban J connectivity index is 1.93. The largest absolute Gasteiger partial charge is 0.472 e. The molecule has 17 heavy (non-hydrogen) atoms. The van der Waals surface area contributed by atoms with E-state index in [0.29, 0.717) is 5.56 Å². The number of imidazole rings is 1. The average Bonchev–Trinajstić information content (AvgIpc) is 2.98. The van der Waals surface area contributed by atoms with Gasteiger partial charge in [0.05, 0.1) is 35.7 Å². The molecule has 2 aromatic heterocycles. The first-order valence-electron chi connectivity index (χ1n) is 5.30. The van der Waals surface area contributed by atoms with Crippen LogP contribution in [0.2, 0.25) is 0 Å². The second kappa shape index (κ2) is 3.90. The molecule has 0 saturated heterocycles. The van der Waals surface area contributed by atoms with E-state index in [1.54, 1.807) is 12.4 Å². The van der Waals surface area contributed by atoms with Crippen molar-refractivity contribution in [3.8, 4) is 0 Å². The lowest BCUT2D eigenvalue weighted by Crippen LogP contribution is -2.08. The van der Waals surface area contributed by atoms with E-state index in [9.17, 15) is 4.79 Å². The molecule has 0 bridgehead atoms. The van der Waals surface area contributed by atoms with Crippen LogP contribution in [0.4, 0.5) is 0 Å². The van der Waals surface area contributed by atoms with Gasteiger partial charge >= 0.3 is 0 Å². The van der Waals surface area contributed by atoms with Crippen molar-refractivity contribution in [2.75, 3.05) is 0 Å². The first-order valence-corrected chi connectivity index (χ1v) is 5.30. The van der Waals surface area contributed by atoms with E-state index < -0.39 is 0 Å². The van der Waals surface area contributed by atoms with Gasteiger partial charge in [-0.3, -0.25) is 4.79 Å². The van der Waals surface area contributed by atoms with Crippen LogP contribution in [0.15, 0.2) is 53.6 Å². The lowest BCUT2D eigenvalue weighted by molar-refractivity contribution is 0.0973. The molecule has 4 heteroatoms. The molecular weight excluding hydrogens is 216 g/mol. The molecule has 0 aliphatic carbocycles. The van der Waals surface area contributed by atoms with E-state index in [0.717, 1.165) is 11.0 Å². The van der Waals surface area contributed by atoms with Crippen LogP contribution < -0.4 is 0 Å². The monoisotopic (exact) mass is 226 g/mol. The maximum absolute atomic E-state index is 11.9. The van der Waals surface area contributed by atoms with Crippen molar-refractivity contribution in [1.82, 2.24) is 9.55 Å². The Morgan fingerprint density at radius 2 is 2.18 bits per heavy atom. The van der Waals surface area contributed by atoms with Gasteiger partial charge in [0, 0.05) is 0 Å². The number of benzene rings is 1. The normalized spacial score (nSPS) is 10.8. The molecule has 0 N–H and O–H groups in total. The van der Waals surface area contributed by atoms with Crippen molar-refractivity contribution in [2.24, 2.45) is 0 Å². The molecule has 0 aliphatic heterocycles. The molecule has 2 heterocycles. The van der Waals surface area contributed by atoms with E-state index in [1.807, 2.05) is 28.8 Å². The fourth-order valence-electron chi connectivity index (χ4n) is 1.81. The second-order valence-electron chi connectivity index (χ2n) is 3.80. The summed E-state index contributed by atoms with van der Waals surface area (Å²) in [5, 5.41) is 0. The summed E-state index contributed by atoms with van der Waals surface area (Å²) < 4.78 is 6.73. The highest BCUT2D eigenvalue weighted by Crippen LogP contribution is 2.13. The molecule has 0 atom stereocenters. The molecule has 0 fully saturated rings. The number of hydrogen-bond donors (Lipinski definition) is 0. The summed E-state index contributed by atoms with van der Waals surface area (Å²) in [6.07, 6.45) is 4.64. The van der Waals surface area contributed by atoms with Crippen LogP contribution in [-0.2, 0) is 6.54 Å². The number of hydrogen-bond acceptors (Lipinski definition) is 3. The zero-order valence-corrected chi connectivity index (χ0v) is 9.04. The minimum absolute atomic E-state index is 0.0157. The smallest absolute Gasteiger partial charge is 0.185 e. The molecule has 84 valence electrons. The molecule has 0 spiro atoms. The fourth-order valence-corrected chi connectivity index (χ4v) is 1.81. The number of rotatable bonds is 3. The molecule has 3 aromatic rings. The number of carbonyl (C=O) groups is 1. The number of aromatic nitrogens is 2. The molecule has 0 radical (unpaired) electrons. The first kappa shape index (κ1) is 9.84. The van der Waals surface area contributed by atoms with Crippen molar-refractivity contribution < 1.29 is 9.21 Å². The number of Topliss-reactive ketones (excluding diaryl/α,β-unsaturated/α-hetero) is 1. The third kappa shape index (κ3) is 1.73. The minimum atomic E-state index is 0.0157. The van der Waals surface area contributed by atoms with Crippen molar-refractivity contribution in [3.05, 3.63) is 54.7 Å². The highest BCUT2D eigenvalue weighted by Gasteiger charge is 2.09. The second-order valence-corrected chi connectivity index (χ2v) is 3.80. The number of carbonyl (C=O) groups excluding carboxylic acids is 1. The first-order chi connectivity index (χ1) is 8.34. The molecule has 3 rings (SSSR count).